The smallest absolute Gasteiger partial charge is 0.0829 e. The molecule has 0 amide bonds. The van der Waals surface area contributed by atoms with Crippen LogP contribution in [0.3, 0.4) is 0 Å². The van der Waals surface area contributed by atoms with Gasteiger partial charge in [0.15, 0.2) is 0 Å². The fraction of sp³-hybridized carbons (Fsp3) is 1.00. The molecule has 0 aromatic rings. The molecule has 0 radical (unpaired) electrons. The van der Waals surface area contributed by atoms with Gasteiger partial charge in [0.05, 0.1) is 12.7 Å². The summed E-state index contributed by atoms with van der Waals surface area (Å²) in [6, 6.07) is 0.828. The molecule has 0 bridgehead atoms. The number of nitrogens with zero attached hydrogens (tertiary/aromatic N) is 3. The summed E-state index contributed by atoms with van der Waals surface area (Å²) in [5, 5.41) is 0. The maximum Gasteiger partial charge on any atom is 0.0829 e. The first-order valence-corrected chi connectivity index (χ1v) is 7.58. The van der Waals surface area contributed by atoms with Crippen LogP contribution in [0.1, 0.15) is 19.3 Å². The number of ether oxygens (including phenoxy) is 1. The molecule has 4 nitrogen and oxygen atoms in total. The molecule has 0 aromatic carbocycles. The molecule has 3 rings (SSSR count). The van der Waals surface area contributed by atoms with Crippen molar-refractivity contribution in [2.45, 2.75) is 31.4 Å². The van der Waals surface area contributed by atoms with Gasteiger partial charge in [0.2, 0.25) is 0 Å². The van der Waals surface area contributed by atoms with E-state index < -0.39 is 0 Å². The summed E-state index contributed by atoms with van der Waals surface area (Å²) in [4.78, 5) is 7.73. The standard InChI is InChI=1S/C14H27N3O/c1-15-8-9-18-14(11-15)12-16-6-7-17-5-3-2-4-13(17)10-16/h13-14H,2-12H2,1H3. The first kappa shape index (κ1) is 12.9. The minimum absolute atomic E-state index is 0.430. The quantitative estimate of drug-likeness (QED) is 0.713. The summed E-state index contributed by atoms with van der Waals surface area (Å²) in [5.41, 5.74) is 0. The van der Waals surface area contributed by atoms with Crippen LogP contribution in [0.4, 0.5) is 0 Å². The molecule has 104 valence electrons. The molecule has 0 aliphatic carbocycles. The Morgan fingerprint density at radius 2 is 2.00 bits per heavy atom. The molecule has 3 fully saturated rings. The topological polar surface area (TPSA) is 19.0 Å². The van der Waals surface area contributed by atoms with Gasteiger partial charge >= 0.3 is 0 Å². The molecular weight excluding hydrogens is 226 g/mol. The summed E-state index contributed by atoms with van der Waals surface area (Å²) < 4.78 is 5.89. The second-order valence-corrected chi connectivity index (χ2v) is 6.20. The Kier molecular flexibility index (Phi) is 4.19. The van der Waals surface area contributed by atoms with Crippen LogP contribution in [0.5, 0.6) is 0 Å². The SMILES string of the molecule is CN1CCOC(CN2CCN3CCCCC3C2)C1. The van der Waals surface area contributed by atoms with Gasteiger partial charge in [-0.1, -0.05) is 6.42 Å². The van der Waals surface area contributed by atoms with Crippen LogP contribution in [0.2, 0.25) is 0 Å². The Bertz CT molecular complexity index is 274. The highest BCUT2D eigenvalue weighted by Gasteiger charge is 2.30. The first-order valence-electron chi connectivity index (χ1n) is 7.58. The third-order valence-corrected chi connectivity index (χ3v) is 4.73. The van der Waals surface area contributed by atoms with Crippen LogP contribution < -0.4 is 0 Å². The van der Waals surface area contributed by atoms with Gasteiger partial charge in [-0.2, -0.15) is 0 Å². The molecule has 4 heteroatoms. The molecule has 3 heterocycles. The second kappa shape index (κ2) is 5.87. The zero-order valence-electron chi connectivity index (χ0n) is 11.7. The molecule has 3 saturated heterocycles. The Morgan fingerprint density at radius 3 is 2.89 bits per heavy atom. The number of morpholine rings is 1. The van der Waals surface area contributed by atoms with Gasteiger partial charge in [-0.05, 0) is 26.4 Å². The monoisotopic (exact) mass is 253 g/mol. The van der Waals surface area contributed by atoms with Crippen molar-refractivity contribution in [2.75, 3.05) is 59.5 Å². The van der Waals surface area contributed by atoms with Gasteiger partial charge in [-0.15, -0.1) is 0 Å². The lowest BCUT2D eigenvalue weighted by molar-refractivity contribution is -0.0488. The van der Waals surface area contributed by atoms with Crippen molar-refractivity contribution in [3.63, 3.8) is 0 Å². The van der Waals surface area contributed by atoms with Crippen molar-refractivity contribution < 1.29 is 4.74 Å². The maximum atomic E-state index is 5.89. The van der Waals surface area contributed by atoms with Gasteiger partial charge in [0.25, 0.3) is 0 Å². The highest BCUT2D eigenvalue weighted by atomic mass is 16.5. The molecule has 0 spiro atoms. The third-order valence-electron chi connectivity index (χ3n) is 4.73. The summed E-state index contributed by atoms with van der Waals surface area (Å²) in [6.07, 6.45) is 4.67. The second-order valence-electron chi connectivity index (χ2n) is 6.20. The van der Waals surface area contributed by atoms with Crippen molar-refractivity contribution in [1.29, 1.82) is 0 Å². The molecule has 0 aromatic heterocycles. The van der Waals surface area contributed by atoms with Gasteiger partial charge in [-0.25, -0.2) is 0 Å². The third kappa shape index (κ3) is 3.05. The van der Waals surface area contributed by atoms with E-state index in [4.69, 9.17) is 4.74 Å². The van der Waals surface area contributed by atoms with E-state index in [1.807, 2.05) is 0 Å². The van der Waals surface area contributed by atoms with Crippen LogP contribution in [0.25, 0.3) is 0 Å². The number of piperidine rings is 1. The van der Waals surface area contributed by atoms with E-state index >= 15 is 0 Å². The van der Waals surface area contributed by atoms with Crippen LogP contribution in [-0.4, -0.2) is 86.3 Å². The molecule has 2 unspecified atom stereocenters. The zero-order valence-corrected chi connectivity index (χ0v) is 11.7. The number of hydrogen-bond donors (Lipinski definition) is 0. The van der Waals surface area contributed by atoms with E-state index in [1.54, 1.807) is 0 Å². The molecule has 0 N–H and O–H groups in total. The Hall–Kier alpha value is -0.160. The molecule has 3 aliphatic rings. The van der Waals surface area contributed by atoms with E-state index in [1.165, 1.54) is 45.4 Å². The van der Waals surface area contributed by atoms with Gasteiger partial charge in [0.1, 0.15) is 0 Å². The Labute approximate surface area is 111 Å². The van der Waals surface area contributed by atoms with E-state index in [0.29, 0.717) is 6.10 Å². The minimum Gasteiger partial charge on any atom is -0.374 e. The number of hydrogen-bond acceptors (Lipinski definition) is 4. The molecular formula is C14H27N3O. The first-order chi connectivity index (χ1) is 8.81. The van der Waals surface area contributed by atoms with Crippen molar-refractivity contribution in [2.24, 2.45) is 0 Å². The number of fused-ring (bicyclic) bond motifs is 1. The number of piperazine rings is 1. The Balaban J connectivity index is 1.48. The molecule has 18 heavy (non-hydrogen) atoms. The van der Waals surface area contributed by atoms with Gasteiger partial charge in [-0.3, -0.25) is 9.80 Å². The Morgan fingerprint density at radius 1 is 1.06 bits per heavy atom. The van der Waals surface area contributed by atoms with Gasteiger partial charge in [0, 0.05) is 45.3 Å². The van der Waals surface area contributed by atoms with Crippen molar-refractivity contribution >= 4 is 0 Å². The van der Waals surface area contributed by atoms with Crippen molar-refractivity contribution in [3.8, 4) is 0 Å². The summed E-state index contributed by atoms with van der Waals surface area (Å²) in [7, 11) is 2.20. The highest BCUT2D eigenvalue weighted by Crippen LogP contribution is 2.21. The molecule has 2 atom stereocenters. The average molecular weight is 253 g/mol. The lowest BCUT2D eigenvalue weighted by Gasteiger charge is -2.45. The van der Waals surface area contributed by atoms with Crippen LogP contribution >= 0.6 is 0 Å². The minimum atomic E-state index is 0.430. The number of likely N-dealkylation sites (N-methyl/N-ethyl adjacent to an activating group) is 1. The zero-order chi connectivity index (χ0) is 12.4. The summed E-state index contributed by atoms with van der Waals surface area (Å²) >= 11 is 0. The van der Waals surface area contributed by atoms with Crippen molar-refractivity contribution in [1.82, 2.24) is 14.7 Å². The largest absolute Gasteiger partial charge is 0.374 e. The normalized spacial score (nSPS) is 36.5. The van der Waals surface area contributed by atoms with E-state index in [2.05, 4.69) is 21.7 Å². The molecule has 3 aliphatic heterocycles. The van der Waals surface area contributed by atoms with Crippen LogP contribution in [0, 0.1) is 0 Å². The lowest BCUT2D eigenvalue weighted by atomic mass is 9.99. The van der Waals surface area contributed by atoms with E-state index in [9.17, 15) is 0 Å². The van der Waals surface area contributed by atoms with Gasteiger partial charge < -0.3 is 9.64 Å². The predicted molar refractivity (Wildman–Crippen MR) is 72.9 cm³/mol. The summed E-state index contributed by atoms with van der Waals surface area (Å²) in [5.74, 6) is 0. The molecule has 0 saturated carbocycles. The average Bonchev–Trinajstić information content (AvgIpc) is 2.39. The fourth-order valence-corrected chi connectivity index (χ4v) is 3.65. The maximum absolute atomic E-state index is 5.89. The van der Waals surface area contributed by atoms with Crippen molar-refractivity contribution in [3.05, 3.63) is 0 Å². The lowest BCUT2D eigenvalue weighted by Crippen LogP contribution is -2.57. The fourth-order valence-electron chi connectivity index (χ4n) is 3.65. The van der Waals surface area contributed by atoms with Crippen LogP contribution in [0.15, 0.2) is 0 Å². The number of rotatable bonds is 2. The van der Waals surface area contributed by atoms with E-state index in [-0.39, 0.29) is 0 Å². The summed E-state index contributed by atoms with van der Waals surface area (Å²) in [6.45, 7) is 9.34. The van der Waals surface area contributed by atoms with Crippen LogP contribution in [-0.2, 0) is 4.74 Å². The predicted octanol–water partition coefficient (Wildman–Crippen LogP) is 0.487. The highest BCUT2D eigenvalue weighted by molar-refractivity contribution is 4.86. The van der Waals surface area contributed by atoms with E-state index in [0.717, 1.165) is 32.3 Å².